The molecule has 0 aliphatic carbocycles. The van der Waals surface area contributed by atoms with Gasteiger partial charge in [0.15, 0.2) is 5.76 Å². The number of anilines is 1. The van der Waals surface area contributed by atoms with Crippen LogP contribution in [0.4, 0.5) is 5.69 Å². The van der Waals surface area contributed by atoms with Crippen molar-refractivity contribution < 1.29 is 9.21 Å². The Labute approximate surface area is 113 Å². The molecule has 19 heavy (non-hydrogen) atoms. The van der Waals surface area contributed by atoms with Crippen LogP contribution in [0.3, 0.4) is 0 Å². The minimum absolute atomic E-state index is 0.00841. The van der Waals surface area contributed by atoms with Crippen LogP contribution >= 0.6 is 0 Å². The van der Waals surface area contributed by atoms with E-state index in [1.54, 1.807) is 29.4 Å². The van der Waals surface area contributed by atoms with Gasteiger partial charge in [0.05, 0.1) is 6.26 Å². The van der Waals surface area contributed by atoms with Crippen molar-refractivity contribution in [1.82, 2.24) is 4.98 Å². The zero-order valence-corrected chi connectivity index (χ0v) is 11.5. The highest BCUT2D eigenvalue weighted by molar-refractivity contribution is 6.04. The molecular weight excluding hydrogens is 240 g/mol. The third-order valence-electron chi connectivity index (χ3n) is 2.58. The molecule has 0 aromatic carbocycles. The molecule has 0 bridgehead atoms. The third kappa shape index (κ3) is 3.44. The molecule has 2 heterocycles. The maximum absolute atomic E-state index is 12.5. The number of carbonyl (C=O) groups is 1. The van der Waals surface area contributed by atoms with Gasteiger partial charge in [-0.05, 0) is 29.7 Å². The lowest BCUT2D eigenvalue weighted by atomic mass is 9.95. The molecule has 2 aromatic rings. The fourth-order valence-electron chi connectivity index (χ4n) is 1.81. The van der Waals surface area contributed by atoms with Crippen LogP contribution in [-0.4, -0.2) is 17.4 Å². The Kier molecular flexibility index (Phi) is 3.69. The van der Waals surface area contributed by atoms with Crippen molar-refractivity contribution in [3.63, 3.8) is 0 Å². The Morgan fingerprint density at radius 2 is 1.95 bits per heavy atom. The largest absolute Gasteiger partial charge is 0.459 e. The highest BCUT2D eigenvalue weighted by Gasteiger charge is 2.25. The van der Waals surface area contributed by atoms with E-state index in [1.807, 2.05) is 12.1 Å². The standard InChI is InChI=1S/C15H18N2O2/c1-15(2,3)11-17(12-6-8-16-9-7-12)14(18)13-5-4-10-19-13/h4-10H,11H2,1-3H3. The molecule has 2 rings (SSSR count). The maximum atomic E-state index is 12.5. The second-order valence-corrected chi connectivity index (χ2v) is 5.63. The first-order valence-electron chi connectivity index (χ1n) is 6.23. The molecule has 0 fully saturated rings. The van der Waals surface area contributed by atoms with Gasteiger partial charge in [-0.25, -0.2) is 0 Å². The lowest BCUT2D eigenvalue weighted by molar-refractivity contribution is 0.0951. The number of nitrogens with zero attached hydrogens (tertiary/aromatic N) is 2. The zero-order chi connectivity index (χ0) is 13.9. The average Bonchev–Trinajstić information content (AvgIpc) is 2.89. The van der Waals surface area contributed by atoms with Gasteiger partial charge in [0.1, 0.15) is 0 Å². The second kappa shape index (κ2) is 5.26. The lowest BCUT2D eigenvalue weighted by Gasteiger charge is -2.29. The Morgan fingerprint density at radius 3 is 2.47 bits per heavy atom. The smallest absolute Gasteiger partial charge is 0.293 e. The molecule has 100 valence electrons. The van der Waals surface area contributed by atoms with Crippen LogP contribution in [0.15, 0.2) is 47.3 Å². The highest BCUT2D eigenvalue weighted by Crippen LogP contribution is 2.23. The van der Waals surface area contributed by atoms with E-state index in [2.05, 4.69) is 25.8 Å². The molecule has 0 aliphatic heterocycles. The fourth-order valence-corrected chi connectivity index (χ4v) is 1.81. The van der Waals surface area contributed by atoms with Gasteiger partial charge in [-0.3, -0.25) is 9.78 Å². The van der Waals surface area contributed by atoms with E-state index in [0.717, 1.165) is 5.69 Å². The van der Waals surface area contributed by atoms with E-state index in [4.69, 9.17) is 4.42 Å². The monoisotopic (exact) mass is 258 g/mol. The van der Waals surface area contributed by atoms with Crippen molar-refractivity contribution >= 4 is 11.6 Å². The molecule has 0 spiro atoms. The quantitative estimate of drug-likeness (QED) is 0.848. The highest BCUT2D eigenvalue weighted by atomic mass is 16.3. The van der Waals surface area contributed by atoms with Crippen molar-refractivity contribution in [2.24, 2.45) is 5.41 Å². The summed E-state index contributed by atoms with van der Waals surface area (Å²) in [4.78, 5) is 18.2. The molecule has 0 saturated carbocycles. The van der Waals surface area contributed by atoms with Gasteiger partial charge in [0, 0.05) is 24.6 Å². The van der Waals surface area contributed by atoms with Crippen molar-refractivity contribution in [3.8, 4) is 0 Å². The van der Waals surface area contributed by atoms with Gasteiger partial charge in [0.25, 0.3) is 5.91 Å². The van der Waals surface area contributed by atoms with Crippen LogP contribution in [-0.2, 0) is 0 Å². The average molecular weight is 258 g/mol. The molecule has 0 saturated heterocycles. The van der Waals surface area contributed by atoms with Crippen LogP contribution in [0.25, 0.3) is 0 Å². The predicted molar refractivity (Wildman–Crippen MR) is 74.1 cm³/mol. The fraction of sp³-hybridized carbons (Fsp3) is 0.333. The Morgan fingerprint density at radius 1 is 1.26 bits per heavy atom. The van der Waals surface area contributed by atoms with Crippen LogP contribution in [0.5, 0.6) is 0 Å². The van der Waals surface area contributed by atoms with Crippen LogP contribution < -0.4 is 4.90 Å². The number of amides is 1. The number of furan rings is 1. The van der Waals surface area contributed by atoms with E-state index in [1.165, 1.54) is 6.26 Å². The predicted octanol–water partition coefficient (Wildman–Crippen LogP) is 3.37. The first-order valence-corrected chi connectivity index (χ1v) is 6.23. The minimum atomic E-state index is -0.133. The lowest BCUT2D eigenvalue weighted by Crippen LogP contribution is -2.37. The van der Waals surface area contributed by atoms with Crippen molar-refractivity contribution in [1.29, 1.82) is 0 Å². The SMILES string of the molecule is CC(C)(C)CN(C(=O)c1ccco1)c1ccncc1. The summed E-state index contributed by atoms with van der Waals surface area (Å²) in [6, 6.07) is 7.05. The van der Waals surface area contributed by atoms with E-state index < -0.39 is 0 Å². The normalized spacial score (nSPS) is 11.3. The van der Waals surface area contributed by atoms with Gasteiger partial charge < -0.3 is 9.32 Å². The molecule has 0 aliphatic rings. The number of carbonyl (C=O) groups excluding carboxylic acids is 1. The molecule has 1 amide bonds. The van der Waals surface area contributed by atoms with Crippen LogP contribution in [0.2, 0.25) is 0 Å². The van der Waals surface area contributed by atoms with Crippen molar-refractivity contribution in [2.75, 3.05) is 11.4 Å². The Hall–Kier alpha value is -2.10. The number of hydrogen-bond acceptors (Lipinski definition) is 3. The summed E-state index contributed by atoms with van der Waals surface area (Å²) in [7, 11) is 0. The summed E-state index contributed by atoms with van der Waals surface area (Å²) < 4.78 is 5.21. The number of pyridine rings is 1. The van der Waals surface area contributed by atoms with E-state index in [-0.39, 0.29) is 11.3 Å². The van der Waals surface area contributed by atoms with E-state index in [9.17, 15) is 4.79 Å². The second-order valence-electron chi connectivity index (χ2n) is 5.63. The zero-order valence-electron chi connectivity index (χ0n) is 11.5. The number of aromatic nitrogens is 1. The summed E-state index contributed by atoms with van der Waals surface area (Å²) in [5, 5.41) is 0. The summed E-state index contributed by atoms with van der Waals surface area (Å²) in [5.74, 6) is 0.215. The summed E-state index contributed by atoms with van der Waals surface area (Å²) >= 11 is 0. The summed E-state index contributed by atoms with van der Waals surface area (Å²) in [6.45, 7) is 6.89. The van der Waals surface area contributed by atoms with Gasteiger partial charge >= 0.3 is 0 Å². The number of rotatable bonds is 3. The van der Waals surface area contributed by atoms with E-state index >= 15 is 0 Å². The van der Waals surface area contributed by atoms with E-state index in [0.29, 0.717) is 12.3 Å². The molecule has 4 heteroatoms. The molecule has 4 nitrogen and oxygen atoms in total. The molecule has 0 atom stereocenters. The molecule has 0 unspecified atom stereocenters. The Bertz CT molecular complexity index is 527. The summed E-state index contributed by atoms with van der Waals surface area (Å²) in [6.07, 6.45) is 4.87. The van der Waals surface area contributed by atoms with Gasteiger partial charge in [-0.15, -0.1) is 0 Å². The first kappa shape index (κ1) is 13.3. The molecule has 0 N–H and O–H groups in total. The van der Waals surface area contributed by atoms with Crippen LogP contribution in [0.1, 0.15) is 31.3 Å². The first-order chi connectivity index (χ1) is 8.97. The van der Waals surface area contributed by atoms with Crippen molar-refractivity contribution in [3.05, 3.63) is 48.7 Å². The third-order valence-corrected chi connectivity index (χ3v) is 2.58. The maximum Gasteiger partial charge on any atom is 0.293 e. The van der Waals surface area contributed by atoms with Gasteiger partial charge in [-0.1, -0.05) is 20.8 Å². The Balaban J connectivity index is 2.32. The summed E-state index contributed by atoms with van der Waals surface area (Å²) in [5.41, 5.74) is 0.817. The van der Waals surface area contributed by atoms with Gasteiger partial charge in [0.2, 0.25) is 0 Å². The molecule has 0 radical (unpaired) electrons. The molecule has 2 aromatic heterocycles. The molecular formula is C15H18N2O2. The number of hydrogen-bond donors (Lipinski definition) is 0. The topological polar surface area (TPSA) is 46.3 Å². The minimum Gasteiger partial charge on any atom is -0.459 e. The van der Waals surface area contributed by atoms with Crippen LogP contribution in [0, 0.1) is 5.41 Å². The van der Waals surface area contributed by atoms with Gasteiger partial charge in [-0.2, -0.15) is 0 Å². The van der Waals surface area contributed by atoms with Crippen molar-refractivity contribution in [2.45, 2.75) is 20.8 Å².